The fraction of sp³-hybridized carbons (Fsp3) is 0.421. The number of nitrogens with zero attached hydrogens (tertiary/aromatic N) is 1. The van der Waals surface area contributed by atoms with E-state index in [0.29, 0.717) is 6.42 Å². The van der Waals surface area contributed by atoms with Crippen LogP contribution in [0.5, 0.6) is 5.75 Å². The maximum atomic E-state index is 12.6. The van der Waals surface area contributed by atoms with Crippen molar-refractivity contribution in [3.05, 3.63) is 37.5 Å². The number of rotatable bonds is 9. The first-order valence-corrected chi connectivity index (χ1v) is 13.1. The maximum Gasteiger partial charge on any atom is 0.341 e. The van der Waals surface area contributed by atoms with E-state index in [4.69, 9.17) is 44.3 Å². The Balaban J connectivity index is 1.54. The molecule has 0 spiro atoms. The van der Waals surface area contributed by atoms with E-state index < -0.39 is 21.7 Å². The highest BCUT2D eigenvalue weighted by Crippen LogP contribution is 2.43. The molecule has 1 fully saturated rings. The Morgan fingerprint density at radius 2 is 1.91 bits per heavy atom. The standard InChI is InChI=1S/C19H21Cl3N2O6S2/c20-15-16(18(22)31-17(15)21)32(27,28)23-12-3-4-13(14(25)11-12)19(26)30-8-2-1-5-24-6-9-29-10-7-24/h3-4,11,23,25H,1-2,5-10H2. The van der Waals surface area contributed by atoms with Crippen molar-refractivity contribution >= 4 is 67.8 Å². The van der Waals surface area contributed by atoms with Crippen molar-refractivity contribution in [3.8, 4) is 5.75 Å². The number of morpholine rings is 1. The van der Waals surface area contributed by atoms with Crippen molar-refractivity contribution in [1.82, 2.24) is 4.90 Å². The zero-order chi connectivity index (χ0) is 23.3. The first-order valence-electron chi connectivity index (χ1n) is 9.65. The van der Waals surface area contributed by atoms with Crippen LogP contribution in [0.2, 0.25) is 13.7 Å². The third-order valence-corrected chi connectivity index (χ3v) is 8.67. The van der Waals surface area contributed by atoms with Crippen LogP contribution in [-0.4, -0.2) is 63.8 Å². The van der Waals surface area contributed by atoms with Crippen LogP contribution < -0.4 is 4.72 Å². The van der Waals surface area contributed by atoms with Gasteiger partial charge in [0.25, 0.3) is 10.0 Å². The molecule has 1 aliphatic rings. The van der Waals surface area contributed by atoms with Gasteiger partial charge in [0.15, 0.2) is 0 Å². The van der Waals surface area contributed by atoms with E-state index >= 15 is 0 Å². The van der Waals surface area contributed by atoms with Gasteiger partial charge < -0.3 is 14.6 Å². The number of unbranched alkanes of at least 4 members (excludes halogenated alkanes) is 1. The number of phenols is 1. The Bertz CT molecular complexity index is 1070. The number of carbonyl (C=O) groups is 1. The van der Waals surface area contributed by atoms with Crippen molar-refractivity contribution in [2.45, 2.75) is 17.7 Å². The molecule has 2 aromatic rings. The third-order valence-electron chi connectivity index (χ3n) is 4.67. The van der Waals surface area contributed by atoms with E-state index in [1.165, 1.54) is 12.1 Å². The van der Waals surface area contributed by atoms with E-state index in [9.17, 15) is 18.3 Å². The van der Waals surface area contributed by atoms with Gasteiger partial charge in [0.05, 0.1) is 30.5 Å². The van der Waals surface area contributed by atoms with Crippen LogP contribution in [0.25, 0.3) is 0 Å². The second-order valence-electron chi connectivity index (χ2n) is 6.93. The molecule has 176 valence electrons. The predicted molar refractivity (Wildman–Crippen MR) is 125 cm³/mol. The minimum absolute atomic E-state index is 0.0130. The lowest BCUT2D eigenvalue weighted by Crippen LogP contribution is -2.36. The molecule has 32 heavy (non-hydrogen) atoms. The monoisotopic (exact) mass is 542 g/mol. The summed E-state index contributed by atoms with van der Waals surface area (Å²) in [6.07, 6.45) is 1.56. The summed E-state index contributed by atoms with van der Waals surface area (Å²) in [5.41, 5.74) is -0.0604. The Morgan fingerprint density at radius 1 is 1.19 bits per heavy atom. The predicted octanol–water partition coefficient (Wildman–Crippen LogP) is 4.48. The van der Waals surface area contributed by atoms with E-state index in [0.717, 1.165) is 56.7 Å². The lowest BCUT2D eigenvalue weighted by atomic mass is 10.2. The SMILES string of the molecule is O=C(OCCCCN1CCOCC1)c1ccc(NS(=O)(=O)c2c(Cl)sc(Cl)c2Cl)cc1O. The average molecular weight is 544 g/mol. The molecule has 1 aliphatic heterocycles. The van der Waals surface area contributed by atoms with Gasteiger partial charge in [-0.2, -0.15) is 0 Å². The molecule has 0 saturated carbocycles. The summed E-state index contributed by atoms with van der Waals surface area (Å²) < 4.78 is 37.9. The molecule has 0 radical (unpaired) electrons. The molecule has 2 heterocycles. The number of nitrogens with one attached hydrogen (secondary N) is 1. The van der Waals surface area contributed by atoms with Gasteiger partial charge in [-0.3, -0.25) is 9.62 Å². The van der Waals surface area contributed by atoms with Crippen LogP contribution in [0.1, 0.15) is 23.2 Å². The molecule has 13 heteroatoms. The molecule has 1 aromatic heterocycles. The molecule has 2 N–H and O–H groups in total. The largest absolute Gasteiger partial charge is 0.507 e. The van der Waals surface area contributed by atoms with Gasteiger partial charge in [0, 0.05) is 19.2 Å². The number of carbonyl (C=O) groups excluding carboxylic acids is 1. The number of esters is 1. The van der Waals surface area contributed by atoms with Crippen molar-refractivity contribution in [1.29, 1.82) is 0 Å². The number of sulfonamides is 1. The summed E-state index contributed by atoms with van der Waals surface area (Å²) in [5, 5.41) is 10.0. The fourth-order valence-corrected chi connectivity index (χ4v) is 6.95. The number of phenolic OH excluding ortho intramolecular Hbond substituents is 1. The molecule has 0 unspecified atom stereocenters. The number of aromatic hydroxyl groups is 1. The van der Waals surface area contributed by atoms with Crippen molar-refractivity contribution in [2.24, 2.45) is 0 Å². The fourth-order valence-electron chi connectivity index (χ4n) is 3.05. The number of halogens is 3. The third kappa shape index (κ3) is 6.40. The molecular weight excluding hydrogens is 523 g/mol. The molecule has 1 aromatic carbocycles. The molecule has 1 saturated heterocycles. The Kier molecular flexibility index (Phi) is 8.90. The minimum Gasteiger partial charge on any atom is -0.507 e. The first kappa shape index (κ1) is 25.4. The average Bonchev–Trinajstić information content (AvgIpc) is 3.00. The summed E-state index contributed by atoms with van der Waals surface area (Å²) in [4.78, 5) is 14.2. The summed E-state index contributed by atoms with van der Waals surface area (Å²) in [6.45, 7) is 4.41. The molecule has 0 aliphatic carbocycles. The first-order chi connectivity index (χ1) is 15.2. The van der Waals surface area contributed by atoms with Gasteiger partial charge in [0.1, 0.15) is 24.9 Å². The highest BCUT2D eigenvalue weighted by molar-refractivity contribution is 7.93. The lowest BCUT2D eigenvalue weighted by Gasteiger charge is -2.26. The highest BCUT2D eigenvalue weighted by Gasteiger charge is 2.27. The van der Waals surface area contributed by atoms with Crippen molar-refractivity contribution in [2.75, 3.05) is 44.2 Å². The maximum absolute atomic E-state index is 12.6. The highest BCUT2D eigenvalue weighted by atomic mass is 35.5. The van der Waals surface area contributed by atoms with Crippen molar-refractivity contribution in [3.63, 3.8) is 0 Å². The molecule has 0 amide bonds. The summed E-state index contributed by atoms with van der Waals surface area (Å²) in [7, 11) is -4.16. The van der Waals surface area contributed by atoms with Gasteiger partial charge in [-0.1, -0.05) is 34.8 Å². The van der Waals surface area contributed by atoms with Crippen LogP contribution >= 0.6 is 46.1 Å². The van der Waals surface area contributed by atoms with Crippen LogP contribution in [-0.2, 0) is 19.5 Å². The van der Waals surface area contributed by atoms with Crippen LogP contribution in [0.4, 0.5) is 5.69 Å². The van der Waals surface area contributed by atoms with E-state index in [-0.39, 0.29) is 36.4 Å². The Hall–Kier alpha value is -1.27. The van der Waals surface area contributed by atoms with Crippen LogP contribution in [0.3, 0.4) is 0 Å². The molecule has 0 atom stereocenters. The van der Waals surface area contributed by atoms with Gasteiger partial charge in [-0.15, -0.1) is 11.3 Å². The van der Waals surface area contributed by atoms with Gasteiger partial charge in [0.2, 0.25) is 0 Å². The summed E-state index contributed by atoms with van der Waals surface area (Å²) in [5.74, 6) is -1.12. The zero-order valence-electron chi connectivity index (χ0n) is 16.8. The number of ether oxygens (including phenoxy) is 2. The number of benzene rings is 1. The second kappa shape index (κ2) is 11.2. The number of thiophene rings is 1. The number of hydrogen-bond donors (Lipinski definition) is 2. The normalized spacial score (nSPS) is 15.0. The number of hydrogen-bond acceptors (Lipinski definition) is 8. The second-order valence-corrected chi connectivity index (χ2v) is 11.1. The summed E-state index contributed by atoms with van der Waals surface area (Å²) in [6, 6.07) is 3.69. The van der Waals surface area contributed by atoms with Crippen molar-refractivity contribution < 1.29 is 27.8 Å². The minimum atomic E-state index is -4.16. The zero-order valence-corrected chi connectivity index (χ0v) is 20.7. The molecule has 0 bridgehead atoms. The topological polar surface area (TPSA) is 105 Å². The lowest BCUT2D eigenvalue weighted by molar-refractivity contribution is 0.0348. The summed E-state index contributed by atoms with van der Waals surface area (Å²) >= 11 is 18.5. The molecule has 8 nitrogen and oxygen atoms in total. The van der Waals surface area contributed by atoms with E-state index in [1.54, 1.807) is 0 Å². The quantitative estimate of drug-likeness (QED) is 0.355. The van der Waals surface area contributed by atoms with Gasteiger partial charge >= 0.3 is 5.97 Å². The van der Waals surface area contributed by atoms with Crippen LogP contribution in [0.15, 0.2) is 23.1 Å². The Labute approximate surface area is 205 Å². The van der Waals surface area contributed by atoms with Gasteiger partial charge in [-0.25, -0.2) is 13.2 Å². The van der Waals surface area contributed by atoms with E-state index in [2.05, 4.69) is 9.62 Å². The molecule has 3 rings (SSSR count). The van der Waals surface area contributed by atoms with Crippen LogP contribution in [0, 0.1) is 0 Å². The van der Waals surface area contributed by atoms with Gasteiger partial charge in [-0.05, 0) is 31.5 Å². The molecular formula is C19H21Cl3N2O6S2. The number of anilines is 1. The smallest absolute Gasteiger partial charge is 0.341 e. The Morgan fingerprint density at radius 3 is 2.53 bits per heavy atom. The van der Waals surface area contributed by atoms with E-state index in [1.807, 2.05) is 0 Å².